The lowest BCUT2D eigenvalue weighted by Gasteiger charge is -2.25. The lowest BCUT2D eigenvalue weighted by atomic mass is 9.85. The van der Waals surface area contributed by atoms with Gasteiger partial charge in [-0.25, -0.2) is 0 Å². The topological polar surface area (TPSA) is 55.6 Å². The van der Waals surface area contributed by atoms with Crippen LogP contribution in [0.5, 0.6) is 0 Å². The molecule has 3 rings (SSSR count). The van der Waals surface area contributed by atoms with Crippen LogP contribution in [-0.4, -0.2) is 26.8 Å². The predicted molar refractivity (Wildman–Crippen MR) is 69.7 cm³/mol. The number of anilines is 1. The van der Waals surface area contributed by atoms with E-state index in [1.54, 1.807) is 4.68 Å². The van der Waals surface area contributed by atoms with Crippen LogP contribution >= 0.6 is 0 Å². The minimum absolute atomic E-state index is 0.797. The van der Waals surface area contributed by atoms with E-state index in [1.807, 2.05) is 19.1 Å². The molecular formula is C13H17N5. The smallest absolute Gasteiger partial charge is 0.153 e. The maximum absolute atomic E-state index is 3.98. The Morgan fingerprint density at radius 2 is 2.28 bits per heavy atom. The molecule has 0 atom stereocenters. The zero-order chi connectivity index (χ0) is 12.4. The Kier molecular flexibility index (Phi) is 2.96. The number of benzene rings is 1. The van der Waals surface area contributed by atoms with Crippen molar-refractivity contribution in [2.45, 2.75) is 26.2 Å². The summed E-state index contributed by atoms with van der Waals surface area (Å²) in [7, 11) is 0. The van der Waals surface area contributed by atoms with Crippen LogP contribution in [0, 0.1) is 12.8 Å². The van der Waals surface area contributed by atoms with Gasteiger partial charge in [0, 0.05) is 12.2 Å². The Balaban J connectivity index is 1.74. The van der Waals surface area contributed by atoms with Crippen LogP contribution in [0.15, 0.2) is 24.3 Å². The van der Waals surface area contributed by atoms with Gasteiger partial charge in [-0.15, -0.1) is 5.10 Å². The molecule has 94 valence electrons. The van der Waals surface area contributed by atoms with Gasteiger partial charge in [0.2, 0.25) is 0 Å². The van der Waals surface area contributed by atoms with Gasteiger partial charge in [0.1, 0.15) is 0 Å². The Morgan fingerprint density at radius 3 is 2.94 bits per heavy atom. The molecule has 1 aromatic carbocycles. The molecule has 18 heavy (non-hydrogen) atoms. The van der Waals surface area contributed by atoms with Crippen LogP contribution in [-0.2, 0) is 0 Å². The van der Waals surface area contributed by atoms with Crippen LogP contribution < -0.4 is 5.32 Å². The molecule has 1 fully saturated rings. The van der Waals surface area contributed by atoms with E-state index in [-0.39, 0.29) is 0 Å². The number of hydrogen-bond acceptors (Lipinski definition) is 4. The number of nitrogens with one attached hydrogen (secondary N) is 1. The Hall–Kier alpha value is -1.91. The van der Waals surface area contributed by atoms with E-state index in [4.69, 9.17) is 0 Å². The van der Waals surface area contributed by atoms with Gasteiger partial charge in [-0.05, 0) is 54.3 Å². The number of aryl methyl sites for hydroxylation is 1. The molecule has 2 aromatic rings. The lowest BCUT2D eigenvalue weighted by molar-refractivity contribution is 0.333. The highest BCUT2D eigenvalue weighted by Gasteiger charge is 2.16. The zero-order valence-electron chi connectivity index (χ0n) is 10.5. The molecule has 1 heterocycles. The van der Waals surface area contributed by atoms with Crippen LogP contribution in [0.2, 0.25) is 0 Å². The second-order valence-corrected chi connectivity index (χ2v) is 4.87. The molecule has 1 saturated carbocycles. The molecule has 0 bridgehead atoms. The fourth-order valence-corrected chi connectivity index (χ4v) is 2.18. The Morgan fingerprint density at radius 1 is 1.39 bits per heavy atom. The van der Waals surface area contributed by atoms with Crippen molar-refractivity contribution < 1.29 is 0 Å². The van der Waals surface area contributed by atoms with E-state index < -0.39 is 0 Å². The van der Waals surface area contributed by atoms with Crippen molar-refractivity contribution in [2.75, 3.05) is 11.9 Å². The average Bonchev–Trinajstić information content (AvgIpc) is 2.74. The summed E-state index contributed by atoms with van der Waals surface area (Å²) in [6, 6.07) is 8.21. The number of tetrazole rings is 1. The van der Waals surface area contributed by atoms with Crippen molar-refractivity contribution in [1.82, 2.24) is 20.2 Å². The summed E-state index contributed by atoms with van der Waals surface area (Å²) in [5, 5.41) is 15.0. The maximum Gasteiger partial charge on any atom is 0.153 e. The van der Waals surface area contributed by atoms with Gasteiger partial charge < -0.3 is 5.32 Å². The highest BCUT2D eigenvalue weighted by molar-refractivity contribution is 5.51. The van der Waals surface area contributed by atoms with E-state index in [9.17, 15) is 0 Å². The molecule has 1 aliphatic rings. The van der Waals surface area contributed by atoms with Gasteiger partial charge in [-0.3, -0.25) is 0 Å². The predicted octanol–water partition coefficient (Wildman–Crippen LogP) is 2.18. The van der Waals surface area contributed by atoms with Crippen molar-refractivity contribution in [1.29, 1.82) is 0 Å². The molecule has 1 aromatic heterocycles. The third-order valence-corrected chi connectivity index (χ3v) is 3.54. The van der Waals surface area contributed by atoms with Crippen LogP contribution in [0.25, 0.3) is 5.69 Å². The number of aromatic nitrogens is 4. The standard InChI is InChI=1S/C13H17N5/c1-10-15-16-17-18(10)13-7-3-6-12(8-13)14-9-11-4-2-5-11/h3,6-8,11,14H,2,4-5,9H2,1H3. The molecule has 0 amide bonds. The molecule has 0 spiro atoms. The number of hydrogen-bond donors (Lipinski definition) is 1. The van der Waals surface area contributed by atoms with Crippen molar-refractivity contribution in [3.05, 3.63) is 30.1 Å². The maximum atomic E-state index is 3.98. The van der Waals surface area contributed by atoms with E-state index >= 15 is 0 Å². The SMILES string of the molecule is Cc1nnnn1-c1cccc(NCC2CCC2)c1. The number of rotatable bonds is 4. The van der Waals surface area contributed by atoms with Gasteiger partial charge in [-0.2, -0.15) is 4.68 Å². The Labute approximate surface area is 106 Å². The largest absolute Gasteiger partial charge is 0.385 e. The quantitative estimate of drug-likeness (QED) is 0.894. The fraction of sp³-hybridized carbons (Fsp3) is 0.462. The molecule has 0 unspecified atom stereocenters. The molecule has 0 aliphatic heterocycles. The first kappa shape index (κ1) is 11.2. The number of nitrogens with zero attached hydrogens (tertiary/aromatic N) is 4. The zero-order valence-corrected chi connectivity index (χ0v) is 10.5. The molecule has 1 aliphatic carbocycles. The normalized spacial score (nSPS) is 15.4. The molecular weight excluding hydrogens is 226 g/mol. The van der Waals surface area contributed by atoms with Gasteiger partial charge >= 0.3 is 0 Å². The average molecular weight is 243 g/mol. The monoisotopic (exact) mass is 243 g/mol. The van der Waals surface area contributed by atoms with E-state index in [0.29, 0.717) is 0 Å². The summed E-state index contributed by atoms with van der Waals surface area (Å²) in [6.07, 6.45) is 4.10. The summed E-state index contributed by atoms with van der Waals surface area (Å²) in [4.78, 5) is 0. The fourth-order valence-electron chi connectivity index (χ4n) is 2.18. The van der Waals surface area contributed by atoms with Crippen molar-refractivity contribution >= 4 is 5.69 Å². The highest BCUT2D eigenvalue weighted by Crippen LogP contribution is 2.26. The molecule has 1 N–H and O–H groups in total. The summed E-state index contributed by atoms with van der Waals surface area (Å²) >= 11 is 0. The lowest BCUT2D eigenvalue weighted by Crippen LogP contribution is -2.20. The van der Waals surface area contributed by atoms with Gasteiger partial charge in [0.05, 0.1) is 5.69 Å². The second kappa shape index (κ2) is 4.76. The molecule has 5 nitrogen and oxygen atoms in total. The van der Waals surface area contributed by atoms with E-state index in [0.717, 1.165) is 29.7 Å². The molecule has 5 heteroatoms. The third kappa shape index (κ3) is 2.20. The highest BCUT2D eigenvalue weighted by atomic mass is 15.5. The minimum Gasteiger partial charge on any atom is -0.385 e. The van der Waals surface area contributed by atoms with Gasteiger partial charge in [0.15, 0.2) is 5.82 Å². The van der Waals surface area contributed by atoms with Crippen LogP contribution in [0.1, 0.15) is 25.1 Å². The van der Waals surface area contributed by atoms with Gasteiger partial charge in [-0.1, -0.05) is 12.5 Å². The Bertz CT molecular complexity index is 530. The summed E-state index contributed by atoms with van der Waals surface area (Å²) < 4.78 is 1.74. The first-order chi connectivity index (χ1) is 8.83. The summed E-state index contributed by atoms with van der Waals surface area (Å²) in [5.74, 6) is 1.65. The van der Waals surface area contributed by atoms with Crippen LogP contribution in [0.3, 0.4) is 0 Å². The first-order valence-electron chi connectivity index (χ1n) is 6.42. The minimum atomic E-state index is 0.797. The van der Waals surface area contributed by atoms with Crippen LogP contribution in [0.4, 0.5) is 5.69 Å². The summed E-state index contributed by atoms with van der Waals surface area (Å²) in [5.41, 5.74) is 2.13. The van der Waals surface area contributed by atoms with E-state index in [1.165, 1.54) is 19.3 Å². The van der Waals surface area contributed by atoms with Crippen molar-refractivity contribution in [3.8, 4) is 5.69 Å². The van der Waals surface area contributed by atoms with Crippen molar-refractivity contribution in [3.63, 3.8) is 0 Å². The molecule has 0 radical (unpaired) electrons. The van der Waals surface area contributed by atoms with Gasteiger partial charge in [0.25, 0.3) is 0 Å². The first-order valence-corrected chi connectivity index (χ1v) is 6.42. The summed E-state index contributed by atoms with van der Waals surface area (Å²) in [6.45, 7) is 2.96. The van der Waals surface area contributed by atoms with E-state index in [2.05, 4.69) is 33.0 Å². The third-order valence-electron chi connectivity index (χ3n) is 3.54. The molecule has 0 saturated heterocycles. The van der Waals surface area contributed by atoms with Crippen molar-refractivity contribution in [2.24, 2.45) is 5.92 Å². The second-order valence-electron chi connectivity index (χ2n) is 4.87.